The van der Waals surface area contributed by atoms with Crippen molar-refractivity contribution in [3.8, 4) is 11.3 Å². The fourth-order valence-electron chi connectivity index (χ4n) is 1.24. The number of hydrogen-bond donors (Lipinski definition) is 1. The first-order valence-electron chi connectivity index (χ1n) is 4.32. The van der Waals surface area contributed by atoms with Gasteiger partial charge in [-0.2, -0.15) is 0 Å². The van der Waals surface area contributed by atoms with Crippen molar-refractivity contribution in [1.82, 2.24) is 5.16 Å². The van der Waals surface area contributed by atoms with Crippen molar-refractivity contribution in [3.05, 3.63) is 39.5 Å². The van der Waals surface area contributed by atoms with Crippen molar-refractivity contribution >= 4 is 27.5 Å². The fraction of sp³-hybridized carbons (Fsp3) is 0.100. The third-order valence-corrected chi connectivity index (χ3v) is 3.39. The van der Waals surface area contributed by atoms with Crippen molar-refractivity contribution in [2.75, 3.05) is 0 Å². The van der Waals surface area contributed by atoms with E-state index in [9.17, 15) is 0 Å². The van der Waals surface area contributed by atoms with Crippen LogP contribution < -0.4 is 5.73 Å². The molecule has 2 aromatic rings. The summed E-state index contributed by atoms with van der Waals surface area (Å²) in [5.41, 5.74) is 7.06. The molecule has 0 unspecified atom stereocenters. The number of nitrogens with zero attached hydrogens (tertiary/aromatic N) is 1. The molecule has 0 aliphatic rings. The Labute approximate surface area is 100 Å². The van der Waals surface area contributed by atoms with Crippen molar-refractivity contribution in [1.29, 1.82) is 0 Å². The summed E-state index contributed by atoms with van der Waals surface area (Å²) in [7, 11) is 0. The van der Waals surface area contributed by atoms with E-state index in [2.05, 4.69) is 21.1 Å². The molecule has 2 N–H and O–H groups in total. The molecule has 0 bridgehead atoms. The van der Waals surface area contributed by atoms with E-state index in [1.54, 1.807) is 12.1 Å². The summed E-state index contributed by atoms with van der Waals surface area (Å²) in [5, 5.41) is 4.56. The van der Waals surface area contributed by atoms with Gasteiger partial charge in [0.05, 0.1) is 11.6 Å². The van der Waals surface area contributed by atoms with Crippen molar-refractivity contribution in [2.45, 2.75) is 6.54 Å². The summed E-state index contributed by atoms with van der Waals surface area (Å²) in [5.74, 6) is 0.650. The van der Waals surface area contributed by atoms with Crippen molar-refractivity contribution < 1.29 is 4.52 Å². The zero-order valence-corrected chi connectivity index (χ0v) is 10.0. The second-order valence-electron chi connectivity index (χ2n) is 2.98. The van der Waals surface area contributed by atoms with Gasteiger partial charge in [0, 0.05) is 16.1 Å². The number of hydrogen-bond acceptors (Lipinski definition) is 3. The van der Waals surface area contributed by atoms with E-state index < -0.39 is 0 Å². The quantitative estimate of drug-likeness (QED) is 0.922. The Kier molecular flexibility index (Phi) is 3.09. The minimum Gasteiger partial charge on any atom is -0.359 e. The number of nitrogens with two attached hydrogens (primary N) is 1. The summed E-state index contributed by atoms with van der Waals surface area (Å²) in [4.78, 5) is 0. The Morgan fingerprint density at radius 1 is 1.47 bits per heavy atom. The molecular weight excluding hydrogens is 279 g/mol. The van der Waals surface area contributed by atoms with E-state index in [-0.39, 0.29) is 0 Å². The van der Waals surface area contributed by atoms with Gasteiger partial charge in [0.25, 0.3) is 0 Å². The zero-order valence-electron chi connectivity index (χ0n) is 7.71. The molecule has 0 spiro atoms. The summed E-state index contributed by atoms with van der Waals surface area (Å²) < 4.78 is 5.83. The van der Waals surface area contributed by atoms with E-state index in [4.69, 9.17) is 21.9 Å². The highest BCUT2D eigenvalue weighted by molar-refractivity contribution is 9.10. The van der Waals surface area contributed by atoms with Crippen LogP contribution in [0.4, 0.5) is 0 Å². The number of halogens is 2. The van der Waals surface area contributed by atoms with E-state index in [1.165, 1.54) is 0 Å². The largest absolute Gasteiger partial charge is 0.359 e. The lowest BCUT2D eigenvalue weighted by atomic mass is 10.1. The van der Waals surface area contributed by atoms with Crippen LogP contribution in [0.3, 0.4) is 0 Å². The van der Waals surface area contributed by atoms with Crippen molar-refractivity contribution in [2.24, 2.45) is 5.73 Å². The first-order chi connectivity index (χ1) is 7.22. The maximum Gasteiger partial charge on any atom is 0.150 e. The van der Waals surface area contributed by atoms with Crippen molar-refractivity contribution in [3.63, 3.8) is 0 Å². The van der Waals surface area contributed by atoms with Crippen LogP contribution in [-0.4, -0.2) is 5.16 Å². The average molecular weight is 288 g/mol. The van der Waals surface area contributed by atoms with Crippen LogP contribution in [0.25, 0.3) is 11.3 Å². The van der Waals surface area contributed by atoms with Crippen LogP contribution in [-0.2, 0) is 6.54 Å². The van der Waals surface area contributed by atoms with E-state index >= 15 is 0 Å². The van der Waals surface area contributed by atoms with Gasteiger partial charge in [0.1, 0.15) is 5.69 Å². The highest BCUT2D eigenvalue weighted by Crippen LogP contribution is 2.33. The average Bonchev–Trinajstić information content (AvgIpc) is 2.70. The van der Waals surface area contributed by atoms with Gasteiger partial charge in [0.2, 0.25) is 0 Å². The van der Waals surface area contributed by atoms with Crippen LogP contribution >= 0.6 is 27.5 Å². The molecule has 5 heteroatoms. The molecule has 0 atom stereocenters. The molecule has 0 saturated heterocycles. The van der Waals surface area contributed by atoms with E-state index in [1.807, 2.05) is 12.1 Å². The van der Waals surface area contributed by atoms with Crippen LogP contribution in [0.5, 0.6) is 0 Å². The fourth-order valence-corrected chi connectivity index (χ4v) is 1.88. The van der Waals surface area contributed by atoms with Crippen LogP contribution in [0.15, 0.2) is 33.3 Å². The first-order valence-corrected chi connectivity index (χ1v) is 5.49. The smallest absolute Gasteiger partial charge is 0.150 e. The Hall–Kier alpha value is -0.840. The number of aromatic nitrogens is 1. The molecule has 0 fully saturated rings. The van der Waals surface area contributed by atoms with E-state index in [0.717, 1.165) is 15.7 Å². The summed E-state index contributed by atoms with van der Waals surface area (Å²) in [6.07, 6.45) is 0. The Morgan fingerprint density at radius 2 is 2.27 bits per heavy atom. The van der Waals surface area contributed by atoms with Gasteiger partial charge in [-0.1, -0.05) is 28.9 Å². The lowest BCUT2D eigenvalue weighted by Crippen LogP contribution is -1.92. The minimum atomic E-state index is 0.338. The second kappa shape index (κ2) is 4.35. The van der Waals surface area contributed by atoms with Crippen LogP contribution in [0.2, 0.25) is 5.02 Å². The summed E-state index contributed by atoms with van der Waals surface area (Å²) >= 11 is 9.38. The molecular formula is C10H8BrClN2O. The summed E-state index contributed by atoms with van der Waals surface area (Å²) in [6.45, 7) is 0.338. The van der Waals surface area contributed by atoms with Crippen LogP contribution in [0.1, 0.15) is 5.76 Å². The topological polar surface area (TPSA) is 52.0 Å². The molecule has 1 heterocycles. The number of benzene rings is 1. The maximum absolute atomic E-state index is 5.97. The van der Waals surface area contributed by atoms with Crippen LogP contribution in [0, 0.1) is 0 Å². The third kappa shape index (κ3) is 2.07. The van der Waals surface area contributed by atoms with Gasteiger partial charge in [0.15, 0.2) is 5.76 Å². The lowest BCUT2D eigenvalue weighted by molar-refractivity contribution is 0.387. The molecule has 2 rings (SSSR count). The SMILES string of the molecule is NCc1cc(-c2cccc(Cl)c2Br)no1. The second-order valence-corrected chi connectivity index (χ2v) is 4.18. The minimum absolute atomic E-state index is 0.338. The molecule has 0 aliphatic heterocycles. The molecule has 0 aliphatic carbocycles. The Morgan fingerprint density at radius 3 is 2.93 bits per heavy atom. The van der Waals surface area contributed by atoms with Gasteiger partial charge in [-0.3, -0.25) is 0 Å². The normalized spacial score (nSPS) is 10.6. The molecule has 15 heavy (non-hydrogen) atoms. The third-order valence-electron chi connectivity index (χ3n) is 1.99. The summed E-state index contributed by atoms with van der Waals surface area (Å²) in [6, 6.07) is 7.38. The molecule has 0 radical (unpaired) electrons. The predicted molar refractivity (Wildman–Crippen MR) is 62.5 cm³/mol. The van der Waals surface area contributed by atoms with Gasteiger partial charge in [-0.25, -0.2) is 0 Å². The lowest BCUT2D eigenvalue weighted by Gasteiger charge is -2.00. The van der Waals surface area contributed by atoms with Gasteiger partial charge in [-0.05, 0) is 22.0 Å². The number of rotatable bonds is 2. The standard InChI is InChI=1S/C10H8BrClN2O/c11-10-7(2-1-3-8(10)12)9-4-6(5-13)15-14-9/h1-4H,5,13H2. The van der Waals surface area contributed by atoms with Gasteiger partial charge < -0.3 is 10.3 Å². The maximum atomic E-state index is 5.97. The molecule has 1 aromatic carbocycles. The Bertz CT molecular complexity index is 484. The molecule has 1 aromatic heterocycles. The molecule has 0 saturated carbocycles. The van der Waals surface area contributed by atoms with Gasteiger partial charge >= 0.3 is 0 Å². The monoisotopic (exact) mass is 286 g/mol. The zero-order chi connectivity index (χ0) is 10.8. The van der Waals surface area contributed by atoms with E-state index in [0.29, 0.717) is 17.3 Å². The molecule has 78 valence electrons. The highest BCUT2D eigenvalue weighted by Gasteiger charge is 2.10. The van der Waals surface area contributed by atoms with Gasteiger partial charge in [-0.15, -0.1) is 0 Å². The highest BCUT2D eigenvalue weighted by atomic mass is 79.9. The first kappa shape index (κ1) is 10.7. The Balaban J connectivity index is 2.49. The predicted octanol–water partition coefficient (Wildman–Crippen LogP) is 3.22. The molecule has 0 amide bonds. The molecule has 3 nitrogen and oxygen atoms in total.